The van der Waals surface area contributed by atoms with Gasteiger partial charge < -0.3 is 8.83 Å². The van der Waals surface area contributed by atoms with Crippen molar-refractivity contribution in [3.05, 3.63) is 82.9 Å². The lowest BCUT2D eigenvalue weighted by molar-refractivity contribution is 0.561. The number of furan rings is 1. The molecule has 0 radical (unpaired) electrons. The normalized spacial score (nSPS) is 11.6. The summed E-state index contributed by atoms with van der Waals surface area (Å²) in [6.45, 7) is 1.88. The highest BCUT2D eigenvalue weighted by Gasteiger charge is 2.20. The van der Waals surface area contributed by atoms with Crippen LogP contribution >= 0.6 is 0 Å². The first-order chi connectivity index (χ1) is 12.2. The summed E-state index contributed by atoms with van der Waals surface area (Å²) < 4.78 is 11.8. The zero-order valence-electron chi connectivity index (χ0n) is 13.6. The summed E-state index contributed by atoms with van der Waals surface area (Å²) in [6, 6.07) is 21.6. The molecule has 2 aromatic heterocycles. The predicted octanol–water partition coefficient (Wildman–Crippen LogP) is 5.67. The monoisotopic (exact) mass is 326 g/mol. The Balaban J connectivity index is 1.99. The first-order valence-electron chi connectivity index (χ1n) is 8.17. The second-order valence-corrected chi connectivity index (χ2v) is 6.16. The Bertz CT molecular complexity index is 1310. The molecule has 0 fully saturated rings. The first-order valence-corrected chi connectivity index (χ1v) is 8.17. The van der Waals surface area contributed by atoms with Gasteiger partial charge in [0.25, 0.3) is 0 Å². The van der Waals surface area contributed by atoms with E-state index in [1.807, 2.05) is 73.7 Å². The van der Waals surface area contributed by atoms with Crippen LogP contribution in [-0.2, 0) is 0 Å². The van der Waals surface area contributed by atoms with Gasteiger partial charge in [0.2, 0.25) is 0 Å². The van der Waals surface area contributed by atoms with Gasteiger partial charge in [-0.15, -0.1) is 0 Å². The SMILES string of the molecule is Cc1oc2c(c1-c1ccccc1)c(=O)oc1c3ccccc3ccc21. The average Bonchev–Trinajstić information content (AvgIpc) is 3.00. The molecule has 120 valence electrons. The van der Waals surface area contributed by atoms with Crippen LogP contribution in [-0.4, -0.2) is 0 Å². The Kier molecular flexibility index (Phi) is 2.86. The van der Waals surface area contributed by atoms with Crippen molar-refractivity contribution in [1.29, 1.82) is 0 Å². The van der Waals surface area contributed by atoms with Crippen molar-refractivity contribution in [2.45, 2.75) is 6.92 Å². The largest absolute Gasteiger partial charge is 0.460 e. The smallest absolute Gasteiger partial charge is 0.348 e. The van der Waals surface area contributed by atoms with Gasteiger partial charge in [-0.3, -0.25) is 0 Å². The van der Waals surface area contributed by atoms with E-state index in [1.165, 1.54) is 0 Å². The third-order valence-electron chi connectivity index (χ3n) is 4.67. The third-order valence-corrected chi connectivity index (χ3v) is 4.67. The number of hydrogen-bond donors (Lipinski definition) is 0. The van der Waals surface area contributed by atoms with E-state index in [0.29, 0.717) is 22.3 Å². The minimum atomic E-state index is -0.366. The minimum absolute atomic E-state index is 0.366. The fourth-order valence-electron chi connectivity index (χ4n) is 3.56. The number of benzene rings is 3. The van der Waals surface area contributed by atoms with Gasteiger partial charge in [-0.25, -0.2) is 4.79 Å². The van der Waals surface area contributed by atoms with E-state index < -0.39 is 0 Å². The number of aryl methyl sites for hydroxylation is 1. The standard InChI is InChI=1S/C22H14O3/c1-13-18(15-8-3-2-4-9-15)19-21(24-13)17-12-11-14-7-5-6-10-16(14)20(17)25-22(19)23/h2-12H,1H3. The molecule has 0 saturated heterocycles. The molecule has 0 aliphatic heterocycles. The zero-order valence-corrected chi connectivity index (χ0v) is 13.6. The fourth-order valence-corrected chi connectivity index (χ4v) is 3.56. The van der Waals surface area contributed by atoms with Gasteiger partial charge in [0.05, 0.1) is 5.39 Å². The molecule has 3 aromatic carbocycles. The topological polar surface area (TPSA) is 43.4 Å². The Hall–Kier alpha value is -3.33. The summed E-state index contributed by atoms with van der Waals surface area (Å²) in [4.78, 5) is 12.8. The van der Waals surface area contributed by atoms with E-state index in [2.05, 4.69) is 0 Å². The van der Waals surface area contributed by atoms with E-state index in [1.54, 1.807) is 0 Å². The van der Waals surface area contributed by atoms with Crippen molar-refractivity contribution in [2.75, 3.05) is 0 Å². The molecule has 2 heterocycles. The van der Waals surface area contributed by atoms with Crippen LogP contribution in [0.1, 0.15) is 5.76 Å². The lowest BCUT2D eigenvalue weighted by Crippen LogP contribution is -2.00. The van der Waals surface area contributed by atoms with Gasteiger partial charge in [0.15, 0.2) is 5.58 Å². The summed E-state index contributed by atoms with van der Waals surface area (Å²) in [5.41, 5.74) is 2.55. The fraction of sp³-hybridized carbons (Fsp3) is 0.0455. The average molecular weight is 326 g/mol. The van der Waals surface area contributed by atoms with Crippen molar-refractivity contribution in [3.63, 3.8) is 0 Å². The van der Waals surface area contributed by atoms with Crippen molar-refractivity contribution in [3.8, 4) is 11.1 Å². The molecule has 3 nitrogen and oxygen atoms in total. The highest BCUT2D eigenvalue weighted by atomic mass is 16.4. The molecule has 5 aromatic rings. The Morgan fingerprint density at radius 1 is 0.720 bits per heavy atom. The number of fused-ring (bicyclic) bond motifs is 5. The molecular formula is C22H14O3. The summed E-state index contributed by atoms with van der Waals surface area (Å²) >= 11 is 0. The highest BCUT2D eigenvalue weighted by Crippen LogP contribution is 2.37. The second-order valence-electron chi connectivity index (χ2n) is 6.16. The molecule has 0 saturated carbocycles. The number of rotatable bonds is 1. The molecule has 0 unspecified atom stereocenters. The minimum Gasteiger partial charge on any atom is -0.460 e. The van der Waals surface area contributed by atoms with Crippen LogP contribution in [0.25, 0.3) is 43.8 Å². The van der Waals surface area contributed by atoms with Crippen LogP contribution in [0.4, 0.5) is 0 Å². The molecule has 0 aliphatic rings. The quantitative estimate of drug-likeness (QED) is 0.294. The van der Waals surface area contributed by atoms with E-state index in [9.17, 15) is 4.79 Å². The molecule has 5 rings (SSSR count). The Labute approximate surface area is 143 Å². The van der Waals surface area contributed by atoms with Crippen LogP contribution in [0, 0.1) is 6.92 Å². The van der Waals surface area contributed by atoms with Crippen LogP contribution < -0.4 is 5.63 Å². The van der Waals surface area contributed by atoms with Gasteiger partial charge in [0.1, 0.15) is 16.7 Å². The maximum absolute atomic E-state index is 12.8. The Morgan fingerprint density at radius 2 is 1.48 bits per heavy atom. The predicted molar refractivity (Wildman–Crippen MR) is 99.9 cm³/mol. The van der Waals surface area contributed by atoms with Gasteiger partial charge >= 0.3 is 5.63 Å². The maximum Gasteiger partial charge on any atom is 0.348 e. The van der Waals surface area contributed by atoms with Crippen LogP contribution in [0.2, 0.25) is 0 Å². The molecular weight excluding hydrogens is 312 g/mol. The molecule has 0 bridgehead atoms. The van der Waals surface area contributed by atoms with Crippen LogP contribution in [0.3, 0.4) is 0 Å². The van der Waals surface area contributed by atoms with Crippen molar-refractivity contribution < 1.29 is 8.83 Å². The first kappa shape index (κ1) is 14.1. The van der Waals surface area contributed by atoms with Crippen molar-refractivity contribution >= 4 is 32.7 Å². The summed E-state index contributed by atoms with van der Waals surface area (Å²) in [7, 11) is 0. The molecule has 25 heavy (non-hydrogen) atoms. The lowest BCUT2D eigenvalue weighted by Gasteiger charge is -2.03. The third kappa shape index (κ3) is 1.96. The van der Waals surface area contributed by atoms with Gasteiger partial charge in [-0.1, -0.05) is 60.7 Å². The molecule has 0 atom stereocenters. The summed E-state index contributed by atoms with van der Waals surface area (Å²) in [5.74, 6) is 0.717. The lowest BCUT2D eigenvalue weighted by atomic mass is 10.0. The zero-order chi connectivity index (χ0) is 17.0. The van der Waals surface area contributed by atoms with Crippen LogP contribution in [0.5, 0.6) is 0 Å². The van der Waals surface area contributed by atoms with Crippen molar-refractivity contribution in [2.24, 2.45) is 0 Å². The molecule has 0 spiro atoms. The molecule has 0 N–H and O–H groups in total. The van der Waals surface area contributed by atoms with E-state index in [4.69, 9.17) is 8.83 Å². The van der Waals surface area contributed by atoms with E-state index in [-0.39, 0.29) is 5.63 Å². The van der Waals surface area contributed by atoms with Gasteiger partial charge in [0, 0.05) is 10.9 Å². The summed E-state index contributed by atoms with van der Waals surface area (Å²) in [5, 5.41) is 3.27. The molecule has 0 aliphatic carbocycles. The number of hydrogen-bond acceptors (Lipinski definition) is 3. The Morgan fingerprint density at radius 3 is 2.32 bits per heavy atom. The van der Waals surface area contributed by atoms with Gasteiger partial charge in [-0.2, -0.15) is 0 Å². The van der Waals surface area contributed by atoms with E-state index >= 15 is 0 Å². The summed E-state index contributed by atoms with van der Waals surface area (Å²) in [6.07, 6.45) is 0. The highest BCUT2D eigenvalue weighted by molar-refractivity contribution is 6.14. The van der Waals surface area contributed by atoms with Crippen LogP contribution in [0.15, 0.2) is 80.4 Å². The second kappa shape index (κ2) is 5.08. The maximum atomic E-state index is 12.8. The van der Waals surface area contributed by atoms with Gasteiger partial charge in [-0.05, 0) is 23.9 Å². The van der Waals surface area contributed by atoms with E-state index in [0.717, 1.165) is 27.3 Å². The van der Waals surface area contributed by atoms with Crippen molar-refractivity contribution in [1.82, 2.24) is 0 Å². The molecule has 3 heteroatoms. The molecule has 0 amide bonds.